The van der Waals surface area contributed by atoms with Crippen LogP contribution in [-0.4, -0.2) is 39.9 Å². The Balaban J connectivity index is 1.83. The van der Waals surface area contributed by atoms with Gasteiger partial charge in [0.25, 0.3) is 5.91 Å². The summed E-state index contributed by atoms with van der Waals surface area (Å²) < 4.78 is 138. The van der Waals surface area contributed by atoms with E-state index < -0.39 is 63.9 Å². The molecule has 0 aliphatic heterocycles. The molecular weight excluding hydrogens is 602 g/mol. The lowest BCUT2D eigenvalue weighted by Gasteiger charge is -2.31. The van der Waals surface area contributed by atoms with Crippen molar-refractivity contribution < 1.29 is 53.4 Å². The van der Waals surface area contributed by atoms with Gasteiger partial charge in [0.2, 0.25) is 0 Å². The number of hydrogen-bond acceptors (Lipinski definition) is 4. The molecule has 0 spiro atoms. The summed E-state index contributed by atoms with van der Waals surface area (Å²) in [5, 5.41) is 14.4. The molecule has 6 nitrogen and oxygen atoms in total. The van der Waals surface area contributed by atoms with E-state index in [4.69, 9.17) is 11.6 Å². The van der Waals surface area contributed by atoms with E-state index in [1.807, 2.05) is 6.07 Å². The van der Waals surface area contributed by atoms with Crippen LogP contribution in [0.5, 0.6) is 5.75 Å². The second-order valence-corrected chi connectivity index (χ2v) is 9.28. The molecule has 0 radical (unpaired) electrons. The Kier molecular flexibility index (Phi) is 7.18. The first-order chi connectivity index (χ1) is 18.8. The highest BCUT2D eigenvalue weighted by Gasteiger charge is 2.73. The maximum absolute atomic E-state index is 14.6. The quantitative estimate of drug-likeness (QED) is 0.299. The standard InChI is InChI=1S/C24H13ClF10N4O2/c25-16-7-13(21(26,22(27,28)29)23(30,31)32)8-17(41-24(33,34)35)18(16)39-10-12(9-37-39)14-3-1-2-4-15(14)19(40)38-20(11-36)5-6-20/h1-4,7-10H,5-6H2,(H,38,40). The van der Waals surface area contributed by atoms with Crippen LogP contribution >= 0.6 is 11.6 Å². The zero-order valence-electron chi connectivity index (χ0n) is 19.8. The summed E-state index contributed by atoms with van der Waals surface area (Å²) in [7, 11) is 0. The Morgan fingerprint density at radius 1 is 1.02 bits per heavy atom. The zero-order valence-corrected chi connectivity index (χ0v) is 20.6. The number of amides is 1. The van der Waals surface area contributed by atoms with Crippen molar-refractivity contribution >= 4 is 17.5 Å². The Morgan fingerprint density at radius 3 is 2.17 bits per heavy atom. The zero-order chi connectivity index (χ0) is 30.6. The SMILES string of the molecule is N#CC1(NC(=O)c2ccccc2-c2cnn(-c3c(Cl)cc(C(F)(C(F)(F)F)C(F)(F)F)cc3OC(F)(F)F)c2)CC1. The minimum absolute atomic E-state index is 0.0133. The van der Waals surface area contributed by atoms with E-state index in [1.165, 1.54) is 24.3 Å². The van der Waals surface area contributed by atoms with Crippen molar-refractivity contribution in [3.63, 3.8) is 0 Å². The molecule has 17 heteroatoms. The molecule has 1 heterocycles. The van der Waals surface area contributed by atoms with Crippen LogP contribution in [0.2, 0.25) is 5.02 Å². The van der Waals surface area contributed by atoms with E-state index in [0.29, 0.717) is 17.5 Å². The Bertz CT molecular complexity index is 1520. The molecule has 2 aromatic carbocycles. The fourth-order valence-corrected chi connectivity index (χ4v) is 4.17. The second-order valence-electron chi connectivity index (χ2n) is 8.87. The normalized spacial score (nSPS) is 15.3. The Morgan fingerprint density at radius 2 is 1.63 bits per heavy atom. The molecule has 1 saturated carbocycles. The van der Waals surface area contributed by atoms with Crippen LogP contribution in [0.1, 0.15) is 28.8 Å². The summed E-state index contributed by atoms with van der Waals surface area (Å²) in [6.45, 7) is 0. The molecule has 41 heavy (non-hydrogen) atoms. The molecule has 1 aromatic heterocycles. The van der Waals surface area contributed by atoms with Gasteiger partial charge in [0, 0.05) is 22.9 Å². The molecule has 218 valence electrons. The van der Waals surface area contributed by atoms with E-state index in [1.54, 1.807) is 0 Å². The predicted octanol–water partition coefficient (Wildman–Crippen LogP) is 7.17. The van der Waals surface area contributed by atoms with Gasteiger partial charge in [0.15, 0.2) is 5.75 Å². The minimum Gasteiger partial charge on any atom is -0.403 e. The number of nitriles is 1. The van der Waals surface area contributed by atoms with Crippen molar-refractivity contribution in [1.29, 1.82) is 5.26 Å². The van der Waals surface area contributed by atoms with Crippen LogP contribution in [0.3, 0.4) is 0 Å². The molecule has 0 unspecified atom stereocenters. The van der Waals surface area contributed by atoms with Gasteiger partial charge < -0.3 is 10.1 Å². The summed E-state index contributed by atoms with van der Waals surface area (Å²) >= 11 is 5.83. The summed E-state index contributed by atoms with van der Waals surface area (Å²) in [6.07, 6.45) is -16.1. The lowest BCUT2D eigenvalue weighted by molar-refractivity contribution is -0.348. The Hall–Kier alpha value is -4.00. The molecule has 0 bridgehead atoms. The summed E-state index contributed by atoms with van der Waals surface area (Å²) in [5.74, 6) is -2.39. The van der Waals surface area contributed by atoms with Crippen molar-refractivity contribution in [3.8, 4) is 28.6 Å². The fraction of sp³-hybridized carbons (Fsp3) is 0.292. The second kappa shape index (κ2) is 9.82. The maximum atomic E-state index is 14.6. The summed E-state index contributed by atoms with van der Waals surface area (Å²) in [6, 6.07) is 7.14. The van der Waals surface area contributed by atoms with Crippen molar-refractivity contribution in [3.05, 3.63) is 64.9 Å². The average Bonchev–Trinajstić information content (AvgIpc) is 3.45. The van der Waals surface area contributed by atoms with Gasteiger partial charge >= 0.3 is 24.4 Å². The lowest BCUT2D eigenvalue weighted by Crippen LogP contribution is -2.50. The topological polar surface area (TPSA) is 79.9 Å². The predicted molar refractivity (Wildman–Crippen MR) is 121 cm³/mol. The molecule has 1 N–H and O–H groups in total. The number of nitrogens with one attached hydrogen (secondary N) is 1. The smallest absolute Gasteiger partial charge is 0.403 e. The highest BCUT2D eigenvalue weighted by molar-refractivity contribution is 6.32. The van der Waals surface area contributed by atoms with Crippen LogP contribution in [0, 0.1) is 11.3 Å². The molecule has 4 rings (SSSR count). The van der Waals surface area contributed by atoms with E-state index in [0.717, 1.165) is 12.4 Å². The number of rotatable bonds is 6. The third kappa shape index (κ3) is 5.63. The third-order valence-electron chi connectivity index (χ3n) is 6.04. The number of nitrogens with zero attached hydrogens (tertiary/aromatic N) is 3. The van der Waals surface area contributed by atoms with Gasteiger partial charge in [-0.05, 0) is 36.6 Å². The van der Waals surface area contributed by atoms with Gasteiger partial charge in [-0.15, -0.1) is 13.2 Å². The molecule has 0 atom stereocenters. The third-order valence-corrected chi connectivity index (χ3v) is 6.33. The number of aromatic nitrogens is 2. The van der Waals surface area contributed by atoms with Crippen LogP contribution < -0.4 is 10.1 Å². The lowest BCUT2D eigenvalue weighted by atomic mass is 9.93. The monoisotopic (exact) mass is 614 g/mol. The number of carbonyl (C=O) groups excluding carboxylic acids is 1. The van der Waals surface area contributed by atoms with Crippen LogP contribution in [0.25, 0.3) is 16.8 Å². The summed E-state index contributed by atoms with van der Waals surface area (Å²) in [5.41, 5.74) is -10.2. The van der Waals surface area contributed by atoms with Crippen LogP contribution in [0.4, 0.5) is 43.9 Å². The van der Waals surface area contributed by atoms with Crippen LogP contribution in [-0.2, 0) is 5.67 Å². The molecule has 1 amide bonds. The van der Waals surface area contributed by atoms with Gasteiger partial charge in [0.05, 0.1) is 17.3 Å². The number of hydrogen-bond donors (Lipinski definition) is 1. The van der Waals surface area contributed by atoms with E-state index in [-0.39, 0.29) is 22.8 Å². The molecular formula is C24H13ClF10N4O2. The molecule has 1 aliphatic carbocycles. The van der Waals surface area contributed by atoms with Gasteiger partial charge in [-0.2, -0.15) is 36.7 Å². The number of benzene rings is 2. The van der Waals surface area contributed by atoms with Crippen molar-refractivity contribution in [2.75, 3.05) is 0 Å². The molecule has 1 fully saturated rings. The first-order valence-corrected chi connectivity index (χ1v) is 11.5. The number of alkyl halides is 10. The first kappa shape index (κ1) is 30.0. The van der Waals surface area contributed by atoms with Gasteiger partial charge in [0.1, 0.15) is 11.2 Å². The highest BCUT2D eigenvalue weighted by atomic mass is 35.5. The maximum Gasteiger partial charge on any atom is 0.573 e. The molecule has 1 aliphatic rings. The number of ether oxygens (including phenoxy) is 1. The first-order valence-electron chi connectivity index (χ1n) is 11.1. The van der Waals surface area contributed by atoms with E-state index in [9.17, 15) is 54.0 Å². The van der Waals surface area contributed by atoms with E-state index in [2.05, 4.69) is 15.2 Å². The van der Waals surface area contributed by atoms with Crippen molar-refractivity contribution in [2.45, 2.75) is 42.8 Å². The van der Waals surface area contributed by atoms with Gasteiger partial charge in [-0.3, -0.25) is 4.79 Å². The highest BCUT2D eigenvalue weighted by Crippen LogP contribution is 2.55. The Labute approximate surface area is 228 Å². The van der Waals surface area contributed by atoms with Gasteiger partial charge in [-0.1, -0.05) is 29.8 Å². The largest absolute Gasteiger partial charge is 0.573 e. The van der Waals surface area contributed by atoms with Gasteiger partial charge in [-0.25, -0.2) is 9.07 Å². The van der Waals surface area contributed by atoms with Crippen molar-refractivity contribution in [1.82, 2.24) is 15.1 Å². The van der Waals surface area contributed by atoms with Crippen LogP contribution in [0.15, 0.2) is 48.8 Å². The number of carbonyl (C=O) groups is 1. The molecule has 0 saturated heterocycles. The summed E-state index contributed by atoms with van der Waals surface area (Å²) in [4.78, 5) is 12.8. The van der Waals surface area contributed by atoms with Crippen molar-refractivity contribution in [2.24, 2.45) is 0 Å². The molecule has 3 aromatic rings. The van der Waals surface area contributed by atoms with E-state index >= 15 is 0 Å². The fourth-order valence-electron chi connectivity index (χ4n) is 3.88. The number of halogens is 11. The average molecular weight is 615 g/mol. The minimum atomic E-state index is -6.64.